The number of nitrogens with two attached hydrogens (primary N) is 1. The molecule has 1 atom stereocenters. The fraction of sp³-hybridized carbons (Fsp3) is 0.700. The van der Waals surface area contributed by atoms with Crippen molar-refractivity contribution >= 4 is 11.8 Å². The molecule has 5 heteroatoms. The molecule has 0 bridgehead atoms. The van der Waals surface area contributed by atoms with Crippen LogP contribution in [0.25, 0.3) is 0 Å². The van der Waals surface area contributed by atoms with Crippen molar-refractivity contribution in [3.05, 3.63) is 12.4 Å². The van der Waals surface area contributed by atoms with Gasteiger partial charge >= 0.3 is 0 Å². The van der Waals surface area contributed by atoms with E-state index >= 15 is 0 Å². The van der Waals surface area contributed by atoms with Crippen molar-refractivity contribution in [2.24, 2.45) is 5.73 Å². The molecule has 0 aromatic carbocycles. The Labute approximate surface area is 94.7 Å². The van der Waals surface area contributed by atoms with Gasteiger partial charge in [-0.3, -0.25) is 0 Å². The predicted molar refractivity (Wildman–Crippen MR) is 62.8 cm³/mol. The van der Waals surface area contributed by atoms with Crippen LogP contribution in [-0.4, -0.2) is 33.0 Å². The van der Waals surface area contributed by atoms with Crippen LogP contribution >= 0.6 is 11.8 Å². The topological polar surface area (TPSA) is 74.9 Å². The summed E-state index contributed by atoms with van der Waals surface area (Å²) >= 11 is 1.72. The van der Waals surface area contributed by atoms with Crippen LogP contribution in [0.4, 0.5) is 0 Å². The molecule has 1 heterocycles. The van der Waals surface area contributed by atoms with E-state index in [2.05, 4.69) is 9.97 Å². The zero-order valence-corrected chi connectivity index (χ0v) is 9.89. The first-order chi connectivity index (χ1) is 7.14. The highest BCUT2D eigenvalue weighted by Gasteiger charge is 2.15. The van der Waals surface area contributed by atoms with Crippen LogP contribution < -0.4 is 5.73 Å². The van der Waals surface area contributed by atoms with Gasteiger partial charge in [0.1, 0.15) is 0 Å². The van der Waals surface area contributed by atoms with Gasteiger partial charge in [0.2, 0.25) is 0 Å². The molecule has 1 rings (SSSR count). The number of aliphatic hydroxyl groups excluding tert-OH is 1. The summed E-state index contributed by atoms with van der Waals surface area (Å²) in [5, 5.41) is 9.92. The molecule has 0 fully saturated rings. The van der Waals surface area contributed by atoms with Crippen LogP contribution in [0, 0.1) is 0 Å². The van der Waals surface area contributed by atoms with Crippen LogP contribution in [0.2, 0.25) is 0 Å². The molecule has 0 amide bonds. The third-order valence-corrected chi connectivity index (χ3v) is 3.20. The maximum atomic E-state index is 8.96. The first-order valence-corrected chi connectivity index (χ1v) is 6.14. The number of H-pyrrole nitrogens is 1. The molecule has 1 aromatic rings. The molecule has 1 unspecified atom stereocenters. The minimum Gasteiger partial charge on any atom is -0.394 e. The van der Waals surface area contributed by atoms with Crippen molar-refractivity contribution in [3.63, 3.8) is 0 Å². The zero-order chi connectivity index (χ0) is 11.1. The van der Waals surface area contributed by atoms with Crippen LogP contribution in [0.1, 0.15) is 26.2 Å². The molecule has 0 aliphatic heterocycles. The van der Waals surface area contributed by atoms with E-state index in [1.807, 2.05) is 13.1 Å². The largest absolute Gasteiger partial charge is 0.394 e. The van der Waals surface area contributed by atoms with E-state index in [-0.39, 0.29) is 6.61 Å². The Morgan fingerprint density at radius 3 is 3.00 bits per heavy atom. The second kappa shape index (κ2) is 6.15. The van der Waals surface area contributed by atoms with E-state index in [0.717, 1.165) is 30.2 Å². The summed E-state index contributed by atoms with van der Waals surface area (Å²) < 4.78 is 0. The Bertz CT molecular complexity index is 262. The number of hydrogen-bond donors (Lipinski definition) is 3. The monoisotopic (exact) mass is 229 g/mol. The highest BCUT2D eigenvalue weighted by atomic mass is 32.2. The van der Waals surface area contributed by atoms with Crippen LogP contribution in [0.3, 0.4) is 0 Å². The number of nitrogens with zero attached hydrogens (tertiary/aromatic N) is 1. The van der Waals surface area contributed by atoms with Gasteiger partial charge in [-0.05, 0) is 19.8 Å². The summed E-state index contributed by atoms with van der Waals surface area (Å²) in [6, 6.07) is 0. The van der Waals surface area contributed by atoms with Crippen LogP contribution in [0.15, 0.2) is 17.6 Å². The smallest absolute Gasteiger partial charge is 0.165 e. The van der Waals surface area contributed by atoms with Crippen molar-refractivity contribution in [2.45, 2.75) is 36.9 Å². The molecule has 0 aliphatic carbocycles. The van der Waals surface area contributed by atoms with Gasteiger partial charge in [-0.2, -0.15) is 0 Å². The molecule has 0 radical (unpaired) electrons. The third-order valence-electron chi connectivity index (χ3n) is 2.22. The number of unbranched alkanes of at least 4 members (excludes halogenated alkanes) is 1. The second-order valence-corrected chi connectivity index (χ2v) is 5.10. The first-order valence-electron chi connectivity index (χ1n) is 5.16. The van der Waals surface area contributed by atoms with Gasteiger partial charge in [-0.25, -0.2) is 4.98 Å². The van der Waals surface area contributed by atoms with Crippen molar-refractivity contribution in [1.29, 1.82) is 0 Å². The fourth-order valence-corrected chi connectivity index (χ4v) is 2.04. The molecule has 0 aliphatic rings. The Hall–Kier alpha value is -0.520. The lowest BCUT2D eigenvalue weighted by Gasteiger charge is -2.20. The summed E-state index contributed by atoms with van der Waals surface area (Å²) in [4.78, 5) is 7.16. The molecule has 0 spiro atoms. The summed E-state index contributed by atoms with van der Waals surface area (Å²) in [5.74, 6) is 1.04. The molecule has 0 saturated heterocycles. The number of aliphatic hydroxyl groups is 1. The van der Waals surface area contributed by atoms with Gasteiger partial charge in [-0.15, -0.1) is 0 Å². The molecule has 0 saturated carbocycles. The maximum absolute atomic E-state index is 8.96. The van der Waals surface area contributed by atoms with E-state index in [0.29, 0.717) is 0 Å². The number of imidazole rings is 1. The second-order valence-electron chi connectivity index (χ2n) is 4.01. The lowest BCUT2D eigenvalue weighted by molar-refractivity contribution is 0.198. The first kappa shape index (κ1) is 12.5. The number of aromatic amines is 1. The standard InChI is InChI=1S/C10H19N3OS/c1-10(11,8-14)4-2-3-7-15-9-12-5-6-13-9/h5-6,14H,2-4,7-8,11H2,1H3,(H,12,13). The van der Waals surface area contributed by atoms with Crippen molar-refractivity contribution in [1.82, 2.24) is 9.97 Å². The number of aromatic nitrogens is 2. The van der Waals surface area contributed by atoms with Crippen LogP contribution in [-0.2, 0) is 0 Å². The lowest BCUT2D eigenvalue weighted by Crippen LogP contribution is -2.39. The fourth-order valence-electron chi connectivity index (χ4n) is 1.21. The Kier molecular flexibility index (Phi) is 5.14. The quantitative estimate of drug-likeness (QED) is 0.488. The maximum Gasteiger partial charge on any atom is 0.165 e. The lowest BCUT2D eigenvalue weighted by atomic mass is 9.98. The van der Waals surface area contributed by atoms with Gasteiger partial charge in [0.05, 0.1) is 6.61 Å². The minimum atomic E-state index is -0.421. The molecular formula is C10H19N3OS. The summed E-state index contributed by atoms with van der Waals surface area (Å²) in [6.07, 6.45) is 6.58. The SMILES string of the molecule is CC(N)(CO)CCCCSc1ncc[nH]1. The van der Waals surface area contributed by atoms with E-state index in [9.17, 15) is 0 Å². The van der Waals surface area contributed by atoms with E-state index < -0.39 is 5.54 Å². The van der Waals surface area contributed by atoms with Gasteiger partial charge in [0, 0.05) is 23.7 Å². The Morgan fingerprint density at radius 1 is 1.60 bits per heavy atom. The Morgan fingerprint density at radius 2 is 2.40 bits per heavy atom. The highest BCUT2D eigenvalue weighted by Crippen LogP contribution is 2.16. The van der Waals surface area contributed by atoms with Gasteiger partial charge < -0.3 is 15.8 Å². The van der Waals surface area contributed by atoms with E-state index in [1.165, 1.54) is 0 Å². The van der Waals surface area contributed by atoms with E-state index in [1.54, 1.807) is 18.0 Å². The number of hydrogen-bond acceptors (Lipinski definition) is 4. The molecule has 4 nitrogen and oxygen atoms in total. The molecule has 15 heavy (non-hydrogen) atoms. The van der Waals surface area contributed by atoms with Gasteiger partial charge in [0.15, 0.2) is 5.16 Å². The van der Waals surface area contributed by atoms with Crippen molar-refractivity contribution in [2.75, 3.05) is 12.4 Å². The average molecular weight is 229 g/mol. The predicted octanol–water partition coefficient (Wildman–Crippen LogP) is 1.38. The number of rotatable bonds is 7. The zero-order valence-electron chi connectivity index (χ0n) is 9.07. The molecule has 86 valence electrons. The van der Waals surface area contributed by atoms with Gasteiger partial charge in [-0.1, -0.05) is 18.2 Å². The van der Waals surface area contributed by atoms with Crippen LogP contribution in [0.5, 0.6) is 0 Å². The van der Waals surface area contributed by atoms with Crippen molar-refractivity contribution < 1.29 is 5.11 Å². The molecule has 4 N–H and O–H groups in total. The normalized spacial score (nSPS) is 15.1. The average Bonchev–Trinajstić information content (AvgIpc) is 2.70. The van der Waals surface area contributed by atoms with Crippen molar-refractivity contribution in [3.8, 4) is 0 Å². The molecule has 1 aromatic heterocycles. The number of nitrogens with one attached hydrogen (secondary N) is 1. The van der Waals surface area contributed by atoms with Gasteiger partial charge in [0.25, 0.3) is 0 Å². The number of thioether (sulfide) groups is 1. The van der Waals surface area contributed by atoms with E-state index in [4.69, 9.17) is 10.8 Å². The highest BCUT2D eigenvalue weighted by molar-refractivity contribution is 7.99. The minimum absolute atomic E-state index is 0.0539. The summed E-state index contributed by atoms with van der Waals surface area (Å²) in [7, 11) is 0. The third kappa shape index (κ3) is 5.20. The summed E-state index contributed by atoms with van der Waals surface area (Å²) in [5.41, 5.74) is 5.40. The summed E-state index contributed by atoms with van der Waals surface area (Å²) in [6.45, 7) is 1.94. The Balaban J connectivity index is 2.03. The molecular weight excluding hydrogens is 210 g/mol.